The van der Waals surface area contributed by atoms with Crippen LogP contribution in [0.25, 0.3) is 0 Å². The Balaban J connectivity index is 1.42. The molecule has 1 spiro atoms. The van der Waals surface area contributed by atoms with Crippen molar-refractivity contribution in [3.63, 3.8) is 0 Å². The Bertz CT molecular complexity index is 818. The molecule has 0 aliphatic carbocycles. The second-order valence-corrected chi connectivity index (χ2v) is 8.46. The van der Waals surface area contributed by atoms with E-state index < -0.39 is 0 Å². The number of amides is 1. The van der Waals surface area contributed by atoms with Crippen LogP contribution >= 0.6 is 0 Å². The van der Waals surface area contributed by atoms with Crippen LogP contribution in [0.3, 0.4) is 0 Å². The van der Waals surface area contributed by atoms with E-state index in [1.165, 1.54) is 0 Å². The molecule has 2 aliphatic heterocycles. The van der Waals surface area contributed by atoms with E-state index >= 15 is 0 Å². The van der Waals surface area contributed by atoms with Gasteiger partial charge < -0.3 is 14.0 Å². The van der Waals surface area contributed by atoms with Crippen LogP contribution in [0.15, 0.2) is 17.0 Å². The lowest BCUT2D eigenvalue weighted by molar-refractivity contribution is 0.0584. The van der Waals surface area contributed by atoms with E-state index in [9.17, 15) is 4.79 Å². The molecule has 146 valence electrons. The molecule has 2 aromatic heterocycles. The third-order valence-electron chi connectivity index (χ3n) is 6.14. The van der Waals surface area contributed by atoms with Crippen LogP contribution in [0.1, 0.15) is 67.3 Å². The minimum atomic E-state index is 0.0764. The Morgan fingerprint density at radius 3 is 2.63 bits per heavy atom. The van der Waals surface area contributed by atoms with Crippen molar-refractivity contribution in [2.75, 3.05) is 26.7 Å². The number of nitrogens with zero attached hydrogens (tertiary/aromatic N) is 6. The molecular weight excluding hydrogens is 344 g/mol. The molecule has 2 aromatic rings. The van der Waals surface area contributed by atoms with Gasteiger partial charge in [0.25, 0.3) is 5.91 Å². The van der Waals surface area contributed by atoms with Gasteiger partial charge in [0.2, 0.25) is 5.89 Å². The number of carbonyl (C=O) groups excluding carboxylic acids is 1. The van der Waals surface area contributed by atoms with Gasteiger partial charge in [0, 0.05) is 32.6 Å². The predicted octanol–water partition coefficient (Wildman–Crippen LogP) is 2.23. The summed E-state index contributed by atoms with van der Waals surface area (Å²) in [5.74, 6) is 1.82. The highest BCUT2D eigenvalue weighted by atomic mass is 16.5. The number of rotatable bonds is 3. The van der Waals surface area contributed by atoms with Gasteiger partial charge in [0.15, 0.2) is 5.82 Å². The van der Waals surface area contributed by atoms with E-state index in [0.717, 1.165) is 44.7 Å². The number of imidazole rings is 1. The number of carbonyl (C=O) groups is 1. The monoisotopic (exact) mass is 372 g/mol. The summed E-state index contributed by atoms with van der Waals surface area (Å²) in [6, 6.07) is 0.195. The summed E-state index contributed by atoms with van der Waals surface area (Å²) >= 11 is 0. The minimum Gasteiger partial charge on any atom is -0.339 e. The Labute approximate surface area is 159 Å². The average Bonchev–Trinajstić information content (AvgIpc) is 3.34. The molecule has 2 saturated heterocycles. The summed E-state index contributed by atoms with van der Waals surface area (Å²) in [4.78, 5) is 25.7. The minimum absolute atomic E-state index is 0.0764. The third kappa shape index (κ3) is 3.26. The second kappa shape index (κ2) is 6.74. The quantitative estimate of drug-likeness (QED) is 0.822. The first-order valence-electron chi connectivity index (χ1n) is 9.68. The second-order valence-electron chi connectivity index (χ2n) is 8.46. The van der Waals surface area contributed by atoms with E-state index in [2.05, 4.69) is 40.9 Å². The van der Waals surface area contributed by atoms with Crippen LogP contribution in [-0.4, -0.2) is 62.1 Å². The normalized spacial score (nSPS) is 22.9. The lowest BCUT2D eigenvalue weighted by Gasteiger charge is -2.39. The van der Waals surface area contributed by atoms with Crippen LogP contribution in [0, 0.1) is 5.41 Å². The first-order valence-corrected chi connectivity index (χ1v) is 9.68. The first kappa shape index (κ1) is 18.2. The average molecular weight is 372 g/mol. The van der Waals surface area contributed by atoms with Gasteiger partial charge in [0.1, 0.15) is 5.69 Å². The van der Waals surface area contributed by atoms with E-state index in [4.69, 9.17) is 4.52 Å². The summed E-state index contributed by atoms with van der Waals surface area (Å²) in [6.07, 6.45) is 6.35. The number of likely N-dealkylation sites (tertiary alicyclic amines) is 2. The molecule has 27 heavy (non-hydrogen) atoms. The van der Waals surface area contributed by atoms with Crippen LogP contribution in [0.2, 0.25) is 0 Å². The summed E-state index contributed by atoms with van der Waals surface area (Å²) < 4.78 is 7.20. The molecule has 1 unspecified atom stereocenters. The standard InChI is InChI=1S/C19H28N6O2/c1-13(2)17-21-16(22-27-17)14-9-19(11-23(14)3)5-7-25(8-6-19)18(26)15-10-20-12-24(15)4/h10,12-14H,5-9,11H2,1-4H3. The van der Waals surface area contributed by atoms with Crippen molar-refractivity contribution in [2.45, 2.75) is 45.1 Å². The van der Waals surface area contributed by atoms with Crippen molar-refractivity contribution >= 4 is 5.91 Å². The molecule has 1 amide bonds. The van der Waals surface area contributed by atoms with Gasteiger partial charge in [0.05, 0.1) is 18.6 Å². The number of aryl methyl sites for hydroxylation is 1. The smallest absolute Gasteiger partial charge is 0.272 e. The van der Waals surface area contributed by atoms with Gasteiger partial charge in [-0.1, -0.05) is 19.0 Å². The van der Waals surface area contributed by atoms with Gasteiger partial charge in [-0.05, 0) is 31.7 Å². The van der Waals surface area contributed by atoms with E-state index in [-0.39, 0.29) is 23.3 Å². The predicted molar refractivity (Wildman–Crippen MR) is 99.2 cm³/mol. The molecule has 1 atom stereocenters. The molecule has 8 nitrogen and oxygen atoms in total. The Morgan fingerprint density at radius 1 is 1.30 bits per heavy atom. The highest BCUT2D eigenvalue weighted by Gasteiger charge is 2.46. The van der Waals surface area contributed by atoms with Crippen molar-refractivity contribution in [3.05, 3.63) is 29.9 Å². The van der Waals surface area contributed by atoms with Crippen LogP contribution in [-0.2, 0) is 7.05 Å². The zero-order valence-corrected chi connectivity index (χ0v) is 16.6. The molecule has 4 heterocycles. The molecular formula is C19H28N6O2. The molecule has 4 rings (SSSR count). The number of aromatic nitrogens is 4. The lowest BCUT2D eigenvalue weighted by Crippen LogP contribution is -2.44. The number of hydrogen-bond acceptors (Lipinski definition) is 6. The topological polar surface area (TPSA) is 80.3 Å². The Kier molecular flexibility index (Phi) is 4.53. The van der Waals surface area contributed by atoms with Crippen molar-refractivity contribution in [1.29, 1.82) is 0 Å². The third-order valence-corrected chi connectivity index (χ3v) is 6.14. The zero-order valence-electron chi connectivity index (χ0n) is 16.6. The molecule has 0 saturated carbocycles. The van der Waals surface area contributed by atoms with Crippen LogP contribution < -0.4 is 0 Å². The van der Waals surface area contributed by atoms with E-state index in [0.29, 0.717) is 11.6 Å². The van der Waals surface area contributed by atoms with Crippen molar-refractivity contribution in [2.24, 2.45) is 12.5 Å². The van der Waals surface area contributed by atoms with Crippen molar-refractivity contribution in [3.8, 4) is 0 Å². The van der Waals surface area contributed by atoms with Gasteiger partial charge >= 0.3 is 0 Å². The van der Waals surface area contributed by atoms with Crippen molar-refractivity contribution in [1.82, 2.24) is 29.5 Å². The summed E-state index contributed by atoms with van der Waals surface area (Å²) in [6.45, 7) is 6.71. The Hall–Kier alpha value is -2.22. The maximum atomic E-state index is 12.7. The summed E-state index contributed by atoms with van der Waals surface area (Å²) in [5.41, 5.74) is 0.877. The highest BCUT2D eigenvalue weighted by Crippen LogP contribution is 2.47. The molecule has 0 bridgehead atoms. The van der Waals surface area contributed by atoms with Gasteiger partial charge in [-0.2, -0.15) is 4.98 Å². The van der Waals surface area contributed by atoms with Gasteiger partial charge in [-0.25, -0.2) is 4.98 Å². The van der Waals surface area contributed by atoms with Crippen molar-refractivity contribution < 1.29 is 9.32 Å². The Morgan fingerprint density at radius 2 is 2.04 bits per heavy atom. The van der Waals surface area contributed by atoms with Crippen LogP contribution in [0.4, 0.5) is 0 Å². The maximum Gasteiger partial charge on any atom is 0.272 e. The number of hydrogen-bond donors (Lipinski definition) is 0. The molecule has 0 radical (unpaired) electrons. The molecule has 8 heteroatoms. The summed E-state index contributed by atoms with van der Waals surface area (Å²) in [7, 11) is 4.00. The van der Waals surface area contributed by atoms with Crippen LogP contribution in [0.5, 0.6) is 0 Å². The van der Waals surface area contributed by atoms with E-state index in [1.54, 1.807) is 17.1 Å². The van der Waals surface area contributed by atoms with E-state index in [1.807, 2.05) is 11.9 Å². The summed E-state index contributed by atoms with van der Waals surface area (Å²) in [5, 5.41) is 4.23. The molecule has 2 aliphatic rings. The highest BCUT2D eigenvalue weighted by molar-refractivity contribution is 5.92. The fourth-order valence-electron chi connectivity index (χ4n) is 4.45. The lowest BCUT2D eigenvalue weighted by atomic mass is 9.76. The number of piperidine rings is 1. The molecule has 0 N–H and O–H groups in total. The molecule has 0 aromatic carbocycles. The fourth-order valence-corrected chi connectivity index (χ4v) is 4.45. The maximum absolute atomic E-state index is 12.7. The zero-order chi connectivity index (χ0) is 19.2. The fraction of sp³-hybridized carbons (Fsp3) is 0.684. The first-order chi connectivity index (χ1) is 12.9. The van der Waals surface area contributed by atoms with Gasteiger partial charge in [-0.15, -0.1) is 0 Å². The SMILES string of the molecule is CC(C)c1nc(C2CC3(CCN(C(=O)c4cncn4C)CC3)CN2C)no1. The molecule has 2 fully saturated rings. The van der Waals surface area contributed by atoms with Gasteiger partial charge in [-0.3, -0.25) is 9.69 Å². The largest absolute Gasteiger partial charge is 0.339 e.